The van der Waals surface area contributed by atoms with Gasteiger partial charge in [0, 0.05) is 27.4 Å². The van der Waals surface area contributed by atoms with Gasteiger partial charge in [-0.25, -0.2) is 4.39 Å². The van der Waals surface area contributed by atoms with Crippen LogP contribution < -0.4 is 21.3 Å². The summed E-state index contributed by atoms with van der Waals surface area (Å²) in [4.78, 5) is 2.12. The van der Waals surface area contributed by atoms with Gasteiger partial charge in [0.2, 0.25) is 6.71 Å². The third kappa shape index (κ3) is 6.01. The second-order valence-electron chi connectivity index (χ2n) is 16.5. The van der Waals surface area contributed by atoms with Gasteiger partial charge < -0.3 is 9.32 Å². The lowest BCUT2D eigenvalue weighted by Crippen LogP contribution is -2.53. The first-order chi connectivity index (χ1) is 31.1. The van der Waals surface area contributed by atoms with Gasteiger partial charge in [-0.3, -0.25) is 0 Å². The Kier molecular flexibility index (Phi) is 8.72. The van der Waals surface area contributed by atoms with Crippen molar-refractivity contribution in [1.29, 1.82) is 0 Å². The van der Waals surface area contributed by atoms with E-state index < -0.39 is 0 Å². The number of para-hydroxylation sites is 3. The van der Waals surface area contributed by atoms with Crippen LogP contribution in [0, 0.1) is 12.7 Å². The van der Waals surface area contributed by atoms with Crippen molar-refractivity contribution in [3.8, 4) is 22.3 Å². The second kappa shape index (κ2) is 14.9. The van der Waals surface area contributed by atoms with Crippen LogP contribution in [-0.2, 0) is 0 Å². The molecule has 0 aliphatic heterocycles. The van der Waals surface area contributed by atoms with Crippen molar-refractivity contribution in [2.75, 3.05) is 4.90 Å². The summed E-state index contributed by atoms with van der Waals surface area (Å²) in [5.41, 5.74) is 12.4. The minimum Gasteiger partial charge on any atom is -0.457 e. The third-order valence-electron chi connectivity index (χ3n) is 13.0. The molecule has 0 amide bonds. The highest BCUT2D eigenvalue weighted by Crippen LogP contribution is 2.48. The molecule has 11 aromatic carbocycles. The fraction of sp³-hybridized carbons (Fsp3) is 0.0169. The van der Waals surface area contributed by atoms with E-state index in [-0.39, 0.29) is 12.5 Å². The van der Waals surface area contributed by atoms with Gasteiger partial charge in [0.25, 0.3) is 0 Å². The van der Waals surface area contributed by atoms with Crippen molar-refractivity contribution in [2.45, 2.75) is 6.92 Å². The number of hydrogen-bond donors (Lipinski definition) is 0. The average molecular weight is 808 g/mol. The van der Waals surface area contributed by atoms with Crippen molar-refractivity contribution in [3.05, 3.63) is 230 Å². The maximum atomic E-state index is 17.5. The van der Waals surface area contributed by atoms with Crippen molar-refractivity contribution < 1.29 is 8.81 Å². The van der Waals surface area contributed by atoms with Gasteiger partial charge in [-0.1, -0.05) is 198 Å². The topological polar surface area (TPSA) is 16.4 Å². The predicted molar refractivity (Wildman–Crippen MR) is 265 cm³/mol. The fourth-order valence-corrected chi connectivity index (χ4v) is 10.1. The van der Waals surface area contributed by atoms with E-state index in [2.05, 4.69) is 151 Å². The van der Waals surface area contributed by atoms with Crippen molar-refractivity contribution in [1.82, 2.24) is 0 Å². The largest absolute Gasteiger partial charge is 0.457 e. The molecule has 1 heterocycles. The van der Waals surface area contributed by atoms with E-state index in [1.54, 1.807) is 6.07 Å². The average Bonchev–Trinajstić information content (AvgIpc) is 3.73. The van der Waals surface area contributed by atoms with Crippen LogP contribution in [0.2, 0.25) is 0 Å². The molecule has 0 atom stereocenters. The van der Waals surface area contributed by atoms with Gasteiger partial charge in [0.05, 0.1) is 11.4 Å². The Labute approximate surface area is 365 Å². The third-order valence-corrected chi connectivity index (χ3v) is 13.0. The van der Waals surface area contributed by atoms with Gasteiger partial charge in [-0.15, -0.1) is 0 Å². The molecule has 0 saturated carbocycles. The minimum atomic E-state index is -0.298. The Bertz CT molecular complexity index is 3660. The normalized spacial score (nSPS) is 11.7. The van der Waals surface area contributed by atoms with Crippen LogP contribution >= 0.6 is 0 Å². The van der Waals surface area contributed by atoms with E-state index in [0.717, 1.165) is 82.6 Å². The first-order valence-corrected chi connectivity index (χ1v) is 21.6. The van der Waals surface area contributed by atoms with E-state index >= 15 is 4.39 Å². The highest BCUT2D eigenvalue weighted by Gasteiger charge is 2.30. The van der Waals surface area contributed by atoms with Crippen LogP contribution in [-0.4, -0.2) is 6.71 Å². The fourth-order valence-electron chi connectivity index (χ4n) is 10.1. The Morgan fingerprint density at radius 3 is 1.83 bits per heavy atom. The number of rotatable bonds is 8. The summed E-state index contributed by atoms with van der Waals surface area (Å²) in [6.07, 6.45) is 0. The molecular formula is C59H39BFNO. The molecule has 2 nitrogen and oxygen atoms in total. The quantitative estimate of drug-likeness (QED) is 0.112. The first kappa shape index (κ1) is 36.9. The Balaban J connectivity index is 1.13. The molecule has 0 unspecified atom stereocenters. The first-order valence-electron chi connectivity index (χ1n) is 21.6. The van der Waals surface area contributed by atoms with E-state index in [4.69, 9.17) is 4.42 Å². The molecule has 1 aromatic heterocycles. The molecule has 0 bridgehead atoms. The number of fused-ring (bicyclic) bond motifs is 3. The molecule has 4 heteroatoms. The SMILES string of the molecule is Cc1ccccc1B(c1ccc2ccc3c(N(c4ccccc4)c4c(F)cc(-c5ccccc5)cc4-c4ccccc4)ccc4ccc1c2c43)c1cccc2c1oc1ccccc12. The molecule has 0 spiro atoms. The molecule has 12 aromatic rings. The number of benzene rings is 11. The number of anilines is 3. The lowest BCUT2D eigenvalue weighted by Gasteiger charge is -2.30. The minimum absolute atomic E-state index is 0.119. The van der Waals surface area contributed by atoms with Crippen LogP contribution in [0.25, 0.3) is 76.5 Å². The summed E-state index contributed by atoms with van der Waals surface area (Å²) in [6.45, 7) is 2.09. The van der Waals surface area contributed by atoms with Crippen molar-refractivity contribution in [3.63, 3.8) is 0 Å². The van der Waals surface area contributed by atoms with Crippen molar-refractivity contribution in [2.24, 2.45) is 0 Å². The van der Waals surface area contributed by atoms with Crippen LogP contribution in [0.4, 0.5) is 21.5 Å². The summed E-state index contributed by atoms with van der Waals surface area (Å²) in [6, 6.07) is 75.8. The molecular weight excluding hydrogens is 768 g/mol. The van der Waals surface area contributed by atoms with Crippen molar-refractivity contribution >= 4 is 94.4 Å². The Hall–Kier alpha value is -7.95. The van der Waals surface area contributed by atoms with Crippen LogP contribution in [0.3, 0.4) is 0 Å². The van der Waals surface area contributed by atoms with Crippen LogP contribution in [0.15, 0.2) is 223 Å². The molecule has 296 valence electrons. The van der Waals surface area contributed by atoms with Gasteiger partial charge >= 0.3 is 0 Å². The van der Waals surface area contributed by atoms with E-state index in [1.807, 2.05) is 72.8 Å². The van der Waals surface area contributed by atoms with E-state index in [0.29, 0.717) is 5.69 Å². The Morgan fingerprint density at radius 1 is 0.444 bits per heavy atom. The standard InChI is InChI=1S/C59H39BFNO/c1-38-16-11-13-25-50(38)60(52-26-15-24-46-45-23-12-14-27-55(45)63-59(46)52)51-34-30-41-29-33-48-54(35-31-42-28-32-47(51)56(41)57(42)48)62(44-21-9-4-10-22-44)58-49(40-19-7-3-8-20-40)36-43(37-53(58)61)39-17-5-2-6-18-39/h2-37H,1H3. The predicted octanol–water partition coefficient (Wildman–Crippen LogP) is 14.3. The zero-order valence-electron chi connectivity index (χ0n) is 34.6. The lowest BCUT2D eigenvalue weighted by molar-refractivity contribution is 0.630. The zero-order chi connectivity index (χ0) is 42.0. The summed E-state index contributed by atoms with van der Waals surface area (Å²) < 4.78 is 24.3. The number of furan rings is 1. The van der Waals surface area contributed by atoms with Gasteiger partial charge in [0.15, 0.2) is 0 Å². The molecule has 0 radical (unpaired) electrons. The van der Waals surface area contributed by atoms with Gasteiger partial charge in [0.1, 0.15) is 17.0 Å². The van der Waals surface area contributed by atoms with E-state index in [1.165, 1.54) is 27.3 Å². The number of halogens is 1. The van der Waals surface area contributed by atoms with Crippen LogP contribution in [0.5, 0.6) is 0 Å². The monoisotopic (exact) mass is 807 g/mol. The molecule has 0 aliphatic rings. The highest BCUT2D eigenvalue weighted by atomic mass is 19.1. The summed E-state index contributed by atoms with van der Waals surface area (Å²) >= 11 is 0. The Morgan fingerprint density at radius 2 is 1.05 bits per heavy atom. The molecule has 12 rings (SSSR count). The second-order valence-corrected chi connectivity index (χ2v) is 16.5. The molecule has 0 N–H and O–H groups in total. The van der Waals surface area contributed by atoms with Crippen LogP contribution in [0.1, 0.15) is 5.56 Å². The highest BCUT2D eigenvalue weighted by molar-refractivity contribution is 6.98. The summed E-state index contributed by atoms with van der Waals surface area (Å²) in [7, 11) is 0. The van der Waals surface area contributed by atoms with Gasteiger partial charge in [-0.05, 0) is 92.4 Å². The molecule has 0 fully saturated rings. The number of hydrogen-bond acceptors (Lipinski definition) is 2. The molecule has 0 aliphatic carbocycles. The maximum absolute atomic E-state index is 17.5. The maximum Gasteiger partial charge on any atom is 0.247 e. The van der Waals surface area contributed by atoms with Gasteiger partial charge in [-0.2, -0.15) is 0 Å². The number of nitrogens with zero attached hydrogens (tertiary/aromatic N) is 1. The lowest BCUT2D eigenvalue weighted by atomic mass is 9.35. The smallest absolute Gasteiger partial charge is 0.247 e. The molecule has 0 saturated heterocycles. The van der Waals surface area contributed by atoms with E-state index in [9.17, 15) is 0 Å². The zero-order valence-corrected chi connectivity index (χ0v) is 34.6. The molecule has 63 heavy (non-hydrogen) atoms. The number of aryl methyl sites for hydroxylation is 1. The summed E-state index contributed by atoms with van der Waals surface area (Å²) in [5.74, 6) is -0.298. The summed E-state index contributed by atoms with van der Waals surface area (Å²) in [5, 5.41) is 9.09.